The number of carbonyl (C=O) groups excluding carboxylic acids is 1. The number of benzene rings is 2. The smallest absolute Gasteiger partial charge is 0.251 e. The van der Waals surface area contributed by atoms with Gasteiger partial charge in [-0.3, -0.25) is 13.8 Å². The van der Waals surface area contributed by atoms with Gasteiger partial charge in [0, 0.05) is 29.0 Å². The summed E-state index contributed by atoms with van der Waals surface area (Å²) in [5.74, 6) is -0.117. The molecule has 0 atom stereocenters. The van der Waals surface area contributed by atoms with E-state index in [-0.39, 0.29) is 5.91 Å². The summed E-state index contributed by atoms with van der Waals surface area (Å²) in [6.45, 7) is 0.404. The van der Waals surface area contributed by atoms with Gasteiger partial charge in [-0.2, -0.15) is 0 Å². The van der Waals surface area contributed by atoms with Crippen LogP contribution in [-0.4, -0.2) is 24.8 Å². The molecule has 0 aliphatic rings. The SMILES string of the molecule is O=C(NCc1cn2ccsc2n1)c1ccc(-n2cnc3ccccc32)cc1. The highest BCUT2D eigenvalue weighted by Gasteiger charge is 2.09. The summed E-state index contributed by atoms with van der Waals surface area (Å²) in [5.41, 5.74) is 4.41. The van der Waals surface area contributed by atoms with E-state index in [4.69, 9.17) is 0 Å². The molecule has 3 aromatic heterocycles. The second-order valence-electron chi connectivity index (χ2n) is 6.16. The molecule has 0 bridgehead atoms. The Morgan fingerprint density at radius 2 is 1.96 bits per heavy atom. The Balaban J connectivity index is 1.32. The number of aromatic nitrogens is 4. The number of fused-ring (bicyclic) bond motifs is 2. The Hall–Kier alpha value is -3.45. The Morgan fingerprint density at radius 1 is 1.11 bits per heavy atom. The number of carbonyl (C=O) groups is 1. The van der Waals surface area contributed by atoms with Gasteiger partial charge < -0.3 is 5.32 Å². The number of rotatable bonds is 4. The third-order valence-corrected chi connectivity index (χ3v) is 5.21. The van der Waals surface area contributed by atoms with Gasteiger partial charge in [0.1, 0.15) is 6.33 Å². The van der Waals surface area contributed by atoms with E-state index in [9.17, 15) is 4.79 Å². The number of thiazole rings is 1. The summed E-state index contributed by atoms with van der Waals surface area (Å²) in [6, 6.07) is 15.5. The van der Waals surface area contributed by atoms with Crippen molar-refractivity contribution in [2.75, 3.05) is 0 Å². The fourth-order valence-electron chi connectivity index (χ4n) is 3.07. The summed E-state index contributed by atoms with van der Waals surface area (Å²) in [4.78, 5) is 22.2. The molecule has 6 nitrogen and oxygen atoms in total. The second-order valence-corrected chi connectivity index (χ2v) is 7.03. The molecule has 27 heavy (non-hydrogen) atoms. The quantitative estimate of drug-likeness (QED) is 0.523. The molecule has 0 fully saturated rings. The standard InChI is InChI=1S/C20H15N5OS/c26-19(21-11-15-12-24-9-10-27-20(24)23-15)14-5-7-16(8-6-14)25-13-22-17-3-1-2-4-18(17)25/h1-10,12-13H,11H2,(H,21,26). The third-order valence-electron chi connectivity index (χ3n) is 4.43. The normalized spacial score (nSPS) is 11.3. The van der Waals surface area contributed by atoms with Gasteiger partial charge in [0.15, 0.2) is 4.96 Å². The molecule has 0 unspecified atom stereocenters. The summed E-state index contributed by atoms with van der Waals surface area (Å²) >= 11 is 1.57. The number of nitrogens with one attached hydrogen (secondary N) is 1. The monoisotopic (exact) mass is 373 g/mol. The van der Waals surface area contributed by atoms with Crippen LogP contribution in [0.5, 0.6) is 0 Å². The van der Waals surface area contributed by atoms with Gasteiger partial charge in [0.2, 0.25) is 0 Å². The first-order chi connectivity index (χ1) is 13.3. The van der Waals surface area contributed by atoms with E-state index >= 15 is 0 Å². The first kappa shape index (κ1) is 15.8. The minimum Gasteiger partial charge on any atom is -0.346 e. The molecule has 2 aromatic carbocycles. The Labute approximate surface area is 158 Å². The topological polar surface area (TPSA) is 64.2 Å². The molecular formula is C20H15N5OS. The summed E-state index contributed by atoms with van der Waals surface area (Å²) in [6.07, 6.45) is 5.68. The van der Waals surface area contributed by atoms with E-state index in [2.05, 4.69) is 15.3 Å². The summed E-state index contributed by atoms with van der Waals surface area (Å²) in [7, 11) is 0. The predicted octanol–water partition coefficient (Wildman–Crippen LogP) is 3.66. The molecule has 1 amide bonds. The number of para-hydroxylation sites is 2. The minimum absolute atomic E-state index is 0.117. The van der Waals surface area contributed by atoms with Gasteiger partial charge in [0.05, 0.1) is 23.3 Å². The average molecular weight is 373 g/mol. The van der Waals surface area contributed by atoms with E-state index in [0.717, 1.165) is 27.4 Å². The van der Waals surface area contributed by atoms with Gasteiger partial charge in [-0.1, -0.05) is 12.1 Å². The van der Waals surface area contributed by atoms with Crippen LogP contribution in [0.4, 0.5) is 0 Å². The zero-order chi connectivity index (χ0) is 18.2. The van der Waals surface area contributed by atoms with Crippen molar-refractivity contribution in [2.45, 2.75) is 6.54 Å². The number of hydrogen-bond donors (Lipinski definition) is 1. The van der Waals surface area contributed by atoms with Gasteiger partial charge in [0.25, 0.3) is 5.91 Å². The first-order valence-corrected chi connectivity index (χ1v) is 9.38. The number of nitrogens with zero attached hydrogens (tertiary/aromatic N) is 4. The Kier molecular flexibility index (Phi) is 3.72. The van der Waals surface area contributed by atoms with Crippen molar-refractivity contribution >= 4 is 33.2 Å². The van der Waals surface area contributed by atoms with Crippen LogP contribution in [0.25, 0.3) is 21.7 Å². The maximum absolute atomic E-state index is 12.4. The number of hydrogen-bond acceptors (Lipinski definition) is 4. The molecule has 7 heteroatoms. The van der Waals surface area contributed by atoms with Crippen molar-refractivity contribution in [1.82, 2.24) is 24.3 Å². The van der Waals surface area contributed by atoms with Crippen molar-refractivity contribution in [2.24, 2.45) is 0 Å². The number of imidazole rings is 2. The molecule has 1 N–H and O–H groups in total. The summed E-state index contributed by atoms with van der Waals surface area (Å²) in [5, 5.41) is 4.90. The molecular weight excluding hydrogens is 358 g/mol. The van der Waals surface area contributed by atoms with Gasteiger partial charge in [-0.15, -0.1) is 11.3 Å². The zero-order valence-corrected chi connectivity index (χ0v) is 15.1. The van der Waals surface area contributed by atoms with E-state index in [1.165, 1.54) is 0 Å². The lowest BCUT2D eigenvalue weighted by molar-refractivity contribution is 0.0950. The fraction of sp³-hybridized carbons (Fsp3) is 0.0500. The molecule has 0 radical (unpaired) electrons. The van der Waals surface area contributed by atoms with Crippen LogP contribution in [0.3, 0.4) is 0 Å². The largest absolute Gasteiger partial charge is 0.346 e. The van der Waals surface area contributed by atoms with Crippen molar-refractivity contribution in [3.05, 3.63) is 83.9 Å². The van der Waals surface area contributed by atoms with E-state index < -0.39 is 0 Å². The second kappa shape index (κ2) is 6.37. The molecule has 3 heterocycles. The highest BCUT2D eigenvalue weighted by Crippen LogP contribution is 2.18. The maximum Gasteiger partial charge on any atom is 0.251 e. The molecule has 0 aliphatic heterocycles. The maximum atomic E-state index is 12.4. The van der Waals surface area contributed by atoms with Crippen LogP contribution in [0.2, 0.25) is 0 Å². The molecule has 0 saturated heterocycles. The van der Waals surface area contributed by atoms with Crippen LogP contribution in [0.1, 0.15) is 16.1 Å². The Morgan fingerprint density at radius 3 is 2.81 bits per heavy atom. The van der Waals surface area contributed by atoms with Crippen molar-refractivity contribution in [3.8, 4) is 5.69 Å². The molecule has 132 valence electrons. The molecule has 5 rings (SSSR count). The zero-order valence-electron chi connectivity index (χ0n) is 14.2. The molecule has 0 saturated carbocycles. The highest BCUT2D eigenvalue weighted by atomic mass is 32.1. The van der Waals surface area contributed by atoms with Crippen LogP contribution >= 0.6 is 11.3 Å². The lowest BCUT2D eigenvalue weighted by atomic mass is 10.2. The molecule has 5 aromatic rings. The van der Waals surface area contributed by atoms with Gasteiger partial charge in [-0.05, 0) is 36.4 Å². The van der Waals surface area contributed by atoms with Crippen molar-refractivity contribution in [3.63, 3.8) is 0 Å². The fourth-order valence-corrected chi connectivity index (χ4v) is 3.79. The van der Waals surface area contributed by atoms with Crippen LogP contribution in [0, 0.1) is 0 Å². The number of amides is 1. The van der Waals surface area contributed by atoms with E-state index in [0.29, 0.717) is 12.1 Å². The summed E-state index contributed by atoms with van der Waals surface area (Å²) < 4.78 is 3.96. The third kappa shape index (κ3) is 2.88. The van der Waals surface area contributed by atoms with E-state index in [1.807, 2.05) is 75.3 Å². The minimum atomic E-state index is -0.117. The van der Waals surface area contributed by atoms with Gasteiger partial charge in [-0.25, -0.2) is 9.97 Å². The van der Waals surface area contributed by atoms with Gasteiger partial charge >= 0.3 is 0 Å². The lowest BCUT2D eigenvalue weighted by Crippen LogP contribution is -2.22. The molecule has 0 spiro atoms. The Bertz CT molecular complexity index is 1220. The predicted molar refractivity (Wildman–Crippen MR) is 105 cm³/mol. The lowest BCUT2D eigenvalue weighted by Gasteiger charge is -2.07. The first-order valence-electron chi connectivity index (χ1n) is 8.50. The molecule has 0 aliphatic carbocycles. The van der Waals surface area contributed by atoms with Crippen molar-refractivity contribution < 1.29 is 4.79 Å². The van der Waals surface area contributed by atoms with Crippen LogP contribution < -0.4 is 5.32 Å². The highest BCUT2D eigenvalue weighted by molar-refractivity contribution is 7.15. The van der Waals surface area contributed by atoms with E-state index in [1.54, 1.807) is 17.7 Å². The van der Waals surface area contributed by atoms with Crippen LogP contribution in [-0.2, 0) is 6.54 Å². The van der Waals surface area contributed by atoms with Crippen LogP contribution in [0.15, 0.2) is 72.6 Å². The average Bonchev–Trinajstić information content (AvgIpc) is 3.40. The van der Waals surface area contributed by atoms with Crippen molar-refractivity contribution in [1.29, 1.82) is 0 Å².